The van der Waals surface area contributed by atoms with E-state index in [1.807, 2.05) is 42.5 Å². The third-order valence-corrected chi connectivity index (χ3v) is 7.68. The molecule has 182 valence electrons. The zero-order valence-electron chi connectivity index (χ0n) is 19.5. The van der Waals surface area contributed by atoms with Crippen LogP contribution < -0.4 is 15.4 Å². The second-order valence-electron chi connectivity index (χ2n) is 8.91. The van der Waals surface area contributed by atoms with Gasteiger partial charge >= 0.3 is 0 Å². The maximum Gasteiger partial charge on any atom is 0.234 e. The lowest BCUT2D eigenvalue weighted by Gasteiger charge is -2.32. The lowest BCUT2D eigenvalue weighted by Crippen LogP contribution is -2.40. The van der Waals surface area contributed by atoms with Gasteiger partial charge in [-0.3, -0.25) is 14.6 Å². The molecule has 2 aliphatic rings. The van der Waals surface area contributed by atoms with Crippen molar-refractivity contribution in [3.05, 3.63) is 54.2 Å². The molecule has 1 aromatic heterocycles. The highest BCUT2D eigenvalue weighted by molar-refractivity contribution is 8.00. The molecule has 5 rings (SSSR count). The van der Waals surface area contributed by atoms with Crippen LogP contribution in [0.25, 0.3) is 10.9 Å². The number of carbonyl (C=O) groups is 2. The first-order chi connectivity index (χ1) is 17.0. The second-order valence-corrected chi connectivity index (χ2v) is 9.93. The lowest BCUT2D eigenvalue weighted by atomic mass is 9.95. The summed E-state index contributed by atoms with van der Waals surface area (Å²) in [6.45, 7) is 1.96. The number of nitrogens with one attached hydrogen (secondary N) is 2. The van der Waals surface area contributed by atoms with E-state index in [0.717, 1.165) is 58.7 Å². The number of methoxy groups -OCH3 is 1. The summed E-state index contributed by atoms with van der Waals surface area (Å²) in [7, 11) is 1.62. The third-order valence-electron chi connectivity index (χ3n) is 6.61. The van der Waals surface area contributed by atoms with Gasteiger partial charge in [0.2, 0.25) is 11.8 Å². The number of ether oxygens (including phenoxy) is 1. The lowest BCUT2D eigenvalue weighted by molar-refractivity contribution is -0.121. The molecule has 2 aliphatic heterocycles. The molecule has 0 unspecified atom stereocenters. The number of aliphatic hydroxyl groups excluding tert-OH is 1. The normalized spacial score (nSPS) is 17.5. The number of piperidine rings is 1. The third kappa shape index (κ3) is 5.27. The molecule has 2 amide bonds. The van der Waals surface area contributed by atoms with Gasteiger partial charge in [-0.25, -0.2) is 0 Å². The Labute approximate surface area is 208 Å². The minimum atomic E-state index is -0.665. The molecule has 1 saturated heterocycles. The molecule has 1 atom stereocenters. The number of carbonyl (C=O) groups excluding carboxylic acids is 2. The van der Waals surface area contributed by atoms with Gasteiger partial charge in [0, 0.05) is 34.6 Å². The number of benzene rings is 2. The number of rotatable bonds is 6. The minimum Gasteiger partial charge on any atom is -0.497 e. The fourth-order valence-corrected chi connectivity index (χ4v) is 5.48. The van der Waals surface area contributed by atoms with Crippen LogP contribution in [0.2, 0.25) is 0 Å². The molecular weight excluding hydrogens is 464 g/mol. The molecule has 0 saturated carbocycles. The highest BCUT2D eigenvalue weighted by Gasteiger charge is 2.27. The second kappa shape index (κ2) is 10.2. The first-order valence-electron chi connectivity index (χ1n) is 11.7. The van der Waals surface area contributed by atoms with Crippen LogP contribution in [-0.2, 0) is 9.59 Å². The number of β-amino-alcohol motifs (C(OH)–C–C–N with tert-alkyl or cyclic N) is 1. The molecule has 3 heterocycles. The van der Waals surface area contributed by atoms with Crippen molar-refractivity contribution in [2.45, 2.75) is 23.8 Å². The van der Waals surface area contributed by atoms with E-state index in [0.29, 0.717) is 18.0 Å². The molecule has 8 nitrogen and oxygen atoms in total. The van der Waals surface area contributed by atoms with E-state index in [-0.39, 0.29) is 17.7 Å². The van der Waals surface area contributed by atoms with Crippen LogP contribution in [0.15, 0.2) is 53.6 Å². The van der Waals surface area contributed by atoms with E-state index in [9.17, 15) is 14.7 Å². The van der Waals surface area contributed by atoms with Gasteiger partial charge in [-0.15, -0.1) is 11.8 Å². The first kappa shape index (κ1) is 23.6. The maximum atomic E-state index is 12.9. The summed E-state index contributed by atoms with van der Waals surface area (Å²) in [6, 6.07) is 13.1. The van der Waals surface area contributed by atoms with E-state index in [1.54, 1.807) is 13.3 Å². The molecule has 35 heavy (non-hydrogen) atoms. The summed E-state index contributed by atoms with van der Waals surface area (Å²) in [4.78, 5) is 32.1. The average Bonchev–Trinajstić information content (AvgIpc) is 2.88. The van der Waals surface area contributed by atoms with Crippen LogP contribution in [0, 0.1) is 5.92 Å². The standard InChI is InChI=1S/C26H28N4O4S/c1-34-18-3-4-21-20(13-18)19(6-9-27-21)23(31)14-30-10-7-16(8-11-30)26(33)28-17-2-5-24-22(12-17)29-25(32)15-35-24/h2-6,9,12-13,16,23,31H,7-8,10-11,14-15H2,1H3,(H,28,33)(H,29,32)/t23-/m1/s1. The Morgan fingerprint density at radius 3 is 2.89 bits per heavy atom. The number of fused-ring (bicyclic) bond motifs is 2. The van der Waals surface area contributed by atoms with Crippen molar-refractivity contribution in [1.29, 1.82) is 0 Å². The Balaban J connectivity index is 1.17. The van der Waals surface area contributed by atoms with Crippen LogP contribution in [0.3, 0.4) is 0 Å². The Hall–Kier alpha value is -3.14. The van der Waals surface area contributed by atoms with E-state index in [2.05, 4.69) is 20.5 Å². The smallest absolute Gasteiger partial charge is 0.234 e. The Kier molecular flexibility index (Phi) is 6.90. The number of thioether (sulfide) groups is 1. The van der Waals surface area contributed by atoms with Gasteiger partial charge in [0.05, 0.1) is 30.2 Å². The summed E-state index contributed by atoms with van der Waals surface area (Å²) < 4.78 is 5.34. The Morgan fingerprint density at radius 1 is 1.26 bits per heavy atom. The zero-order chi connectivity index (χ0) is 24.4. The van der Waals surface area contributed by atoms with Crippen molar-refractivity contribution in [3.8, 4) is 5.75 Å². The van der Waals surface area contributed by atoms with Gasteiger partial charge in [0.15, 0.2) is 0 Å². The number of aromatic nitrogens is 1. The molecule has 2 aromatic carbocycles. The van der Waals surface area contributed by atoms with Crippen molar-refractivity contribution in [1.82, 2.24) is 9.88 Å². The number of anilines is 2. The van der Waals surface area contributed by atoms with Gasteiger partial charge in [0.25, 0.3) is 0 Å². The number of likely N-dealkylation sites (tertiary alicyclic amines) is 1. The van der Waals surface area contributed by atoms with Gasteiger partial charge in [0.1, 0.15) is 5.75 Å². The number of amides is 2. The van der Waals surface area contributed by atoms with Crippen molar-refractivity contribution < 1.29 is 19.4 Å². The quantitative estimate of drug-likeness (QED) is 0.482. The largest absolute Gasteiger partial charge is 0.497 e. The fraction of sp³-hybridized carbons (Fsp3) is 0.346. The summed E-state index contributed by atoms with van der Waals surface area (Å²) in [6.07, 6.45) is 2.50. The Bertz CT molecular complexity index is 1260. The van der Waals surface area contributed by atoms with Crippen LogP contribution in [-0.4, -0.2) is 59.3 Å². The number of aliphatic hydroxyl groups is 1. The molecule has 0 bridgehead atoms. The Morgan fingerprint density at radius 2 is 2.09 bits per heavy atom. The monoisotopic (exact) mass is 492 g/mol. The first-order valence-corrected chi connectivity index (χ1v) is 12.7. The van der Waals surface area contributed by atoms with Crippen molar-refractivity contribution >= 4 is 45.9 Å². The highest BCUT2D eigenvalue weighted by atomic mass is 32.2. The van der Waals surface area contributed by atoms with Crippen LogP contribution in [0.1, 0.15) is 24.5 Å². The summed E-state index contributed by atoms with van der Waals surface area (Å²) >= 11 is 1.50. The average molecular weight is 493 g/mol. The number of nitrogens with zero attached hydrogens (tertiary/aromatic N) is 2. The molecule has 0 aliphatic carbocycles. The summed E-state index contributed by atoms with van der Waals surface area (Å²) in [5, 5.41) is 17.7. The van der Waals surface area contributed by atoms with Crippen molar-refractivity contribution in [3.63, 3.8) is 0 Å². The molecule has 3 aromatic rings. The molecule has 0 spiro atoms. The molecular formula is C26H28N4O4S. The molecule has 9 heteroatoms. The molecule has 3 N–H and O–H groups in total. The van der Waals surface area contributed by atoms with Gasteiger partial charge in [-0.1, -0.05) is 0 Å². The topological polar surface area (TPSA) is 104 Å². The van der Waals surface area contributed by atoms with E-state index in [1.165, 1.54) is 11.8 Å². The van der Waals surface area contributed by atoms with E-state index >= 15 is 0 Å². The summed E-state index contributed by atoms with van der Waals surface area (Å²) in [5.41, 5.74) is 3.08. The fourth-order valence-electron chi connectivity index (χ4n) is 4.69. The predicted octanol–water partition coefficient (Wildman–Crippen LogP) is 3.67. The number of hydrogen-bond acceptors (Lipinski definition) is 7. The van der Waals surface area contributed by atoms with Crippen LogP contribution in [0.5, 0.6) is 5.75 Å². The molecule has 1 fully saturated rings. The summed E-state index contributed by atoms with van der Waals surface area (Å²) in [5.74, 6) is 1.02. The zero-order valence-corrected chi connectivity index (χ0v) is 20.3. The van der Waals surface area contributed by atoms with E-state index in [4.69, 9.17) is 4.74 Å². The van der Waals surface area contributed by atoms with Crippen LogP contribution in [0.4, 0.5) is 11.4 Å². The highest BCUT2D eigenvalue weighted by Crippen LogP contribution is 2.34. The molecule has 0 radical (unpaired) electrons. The predicted molar refractivity (Wildman–Crippen MR) is 137 cm³/mol. The van der Waals surface area contributed by atoms with Gasteiger partial charge in [-0.05, 0) is 74.0 Å². The maximum absolute atomic E-state index is 12.9. The SMILES string of the molecule is COc1ccc2nccc([C@H](O)CN3CCC(C(=O)Nc4ccc5c(c4)NC(=O)CS5)CC3)c2c1. The van der Waals surface area contributed by atoms with E-state index < -0.39 is 6.10 Å². The number of pyridine rings is 1. The minimum absolute atomic E-state index is 0.00726. The van der Waals surface area contributed by atoms with Crippen molar-refractivity contribution in [2.75, 3.05) is 43.1 Å². The number of hydrogen-bond donors (Lipinski definition) is 3. The van der Waals surface area contributed by atoms with Gasteiger partial charge < -0.3 is 25.4 Å². The van der Waals surface area contributed by atoms with Crippen molar-refractivity contribution in [2.24, 2.45) is 5.92 Å². The van der Waals surface area contributed by atoms with Crippen LogP contribution >= 0.6 is 11.8 Å². The van der Waals surface area contributed by atoms with Gasteiger partial charge in [-0.2, -0.15) is 0 Å².